The molecule has 0 spiro atoms. The lowest BCUT2D eigenvalue weighted by atomic mass is 9.97. The highest BCUT2D eigenvalue weighted by Gasteiger charge is 2.26. The van der Waals surface area contributed by atoms with E-state index in [1.165, 1.54) is 18.4 Å². The first-order valence-corrected chi connectivity index (χ1v) is 8.67. The van der Waals surface area contributed by atoms with Crippen LogP contribution in [0.5, 0.6) is 0 Å². The number of hydrogen-bond donors (Lipinski definition) is 1. The third kappa shape index (κ3) is 3.65. The number of nitrogens with zero attached hydrogens (tertiary/aromatic N) is 2. The van der Waals surface area contributed by atoms with Crippen LogP contribution in [0, 0.1) is 0 Å². The van der Waals surface area contributed by atoms with Crippen molar-refractivity contribution in [2.75, 3.05) is 11.9 Å². The first-order valence-electron chi connectivity index (χ1n) is 7.47. The van der Waals surface area contributed by atoms with E-state index in [-0.39, 0.29) is 0 Å². The second-order valence-electron chi connectivity index (χ2n) is 5.43. The average molecular weight is 376 g/mol. The normalized spacial score (nSPS) is 18.0. The molecule has 1 aromatic heterocycles. The standard InChI is InChI=1S/C17H18BrN3S/c18-14-6-8-15(9-7-14)20-17(22)21-11-2-1-5-16(21)13-4-3-10-19-12-13/h3-4,6-10,12,16H,1-2,5,11H2,(H,20,22). The number of halogens is 1. The summed E-state index contributed by atoms with van der Waals surface area (Å²) in [6, 6.07) is 12.5. The Labute approximate surface area is 144 Å². The zero-order chi connectivity index (χ0) is 15.4. The van der Waals surface area contributed by atoms with Crippen LogP contribution in [-0.4, -0.2) is 21.5 Å². The Kier molecular flexibility index (Phi) is 5.05. The van der Waals surface area contributed by atoms with Gasteiger partial charge in [0.25, 0.3) is 0 Å². The summed E-state index contributed by atoms with van der Waals surface area (Å²) in [7, 11) is 0. The maximum absolute atomic E-state index is 5.65. The van der Waals surface area contributed by atoms with Crippen molar-refractivity contribution in [3.05, 3.63) is 58.8 Å². The lowest BCUT2D eigenvalue weighted by molar-refractivity contribution is 0.248. The van der Waals surface area contributed by atoms with Gasteiger partial charge in [-0.1, -0.05) is 22.0 Å². The molecular weight excluding hydrogens is 358 g/mol. The summed E-state index contributed by atoms with van der Waals surface area (Å²) >= 11 is 9.10. The molecule has 3 rings (SSSR count). The monoisotopic (exact) mass is 375 g/mol. The molecule has 2 heterocycles. The second-order valence-corrected chi connectivity index (χ2v) is 6.73. The molecule has 2 aromatic rings. The van der Waals surface area contributed by atoms with Crippen LogP contribution in [0.4, 0.5) is 5.69 Å². The highest BCUT2D eigenvalue weighted by atomic mass is 79.9. The van der Waals surface area contributed by atoms with E-state index in [0.717, 1.165) is 28.2 Å². The van der Waals surface area contributed by atoms with Gasteiger partial charge >= 0.3 is 0 Å². The maximum atomic E-state index is 5.65. The number of aromatic nitrogens is 1. The molecule has 22 heavy (non-hydrogen) atoms. The van der Waals surface area contributed by atoms with E-state index in [1.807, 2.05) is 42.7 Å². The van der Waals surface area contributed by atoms with Crippen molar-refractivity contribution in [2.45, 2.75) is 25.3 Å². The van der Waals surface area contributed by atoms with Gasteiger partial charge in [0.05, 0.1) is 6.04 Å². The number of nitrogens with one attached hydrogen (secondary N) is 1. The summed E-state index contributed by atoms with van der Waals surface area (Å²) in [5.41, 5.74) is 2.26. The largest absolute Gasteiger partial charge is 0.342 e. The predicted molar refractivity (Wildman–Crippen MR) is 97.9 cm³/mol. The summed E-state index contributed by atoms with van der Waals surface area (Å²) < 4.78 is 1.06. The molecule has 0 amide bonds. The Morgan fingerprint density at radius 3 is 2.77 bits per heavy atom. The van der Waals surface area contributed by atoms with Gasteiger partial charge in [0.1, 0.15) is 0 Å². The minimum absolute atomic E-state index is 0.317. The van der Waals surface area contributed by atoms with E-state index in [1.54, 1.807) is 0 Å². The molecule has 1 N–H and O–H groups in total. The van der Waals surface area contributed by atoms with E-state index >= 15 is 0 Å². The first-order chi connectivity index (χ1) is 10.7. The molecule has 1 atom stereocenters. The molecule has 1 unspecified atom stereocenters. The van der Waals surface area contributed by atoms with Crippen molar-refractivity contribution in [1.29, 1.82) is 0 Å². The summed E-state index contributed by atoms with van der Waals surface area (Å²) in [5.74, 6) is 0. The van der Waals surface area contributed by atoms with E-state index in [9.17, 15) is 0 Å². The van der Waals surface area contributed by atoms with Crippen LogP contribution in [0.25, 0.3) is 0 Å². The van der Waals surface area contributed by atoms with Crippen LogP contribution in [0.15, 0.2) is 53.3 Å². The number of thiocarbonyl (C=S) groups is 1. The fourth-order valence-electron chi connectivity index (χ4n) is 2.82. The van der Waals surface area contributed by atoms with Crippen LogP contribution < -0.4 is 5.32 Å². The smallest absolute Gasteiger partial charge is 0.173 e. The van der Waals surface area contributed by atoms with Gasteiger partial charge in [0.15, 0.2) is 5.11 Å². The molecule has 1 aromatic carbocycles. The predicted octanol–water partition coefficient (Wildman–Crippen LogP) is 4.77. The number of pyridine rings is 1. The fraction of sp³-hybridized carbons (Fsp3) is 0.294. The number of anilines is 1. The molecule has 3 nitrogen and oxygen atoms in total. The topological polar surface area (TPSA) is 28.2 Å². The Balaban J connectivity index is 1.75. The summed E-state index contributed by atoms with van der Waals surface area (Å²) in [5, 5.41) is 4.14. The molecule has 1 aliphatic rings. The average Bonchev–Trinajstić information content (AvgIpc) is 2.58. The highest BCUT2D eigenvalue weighted by Crippen LogP contribution is 2.31. The van der Waals surface area contributed by atoms with Crippen molar-refractivity contribution >= 4 is 38.9 Å². The molecule has 5 heteroatoms. The molecule has 114 valence electrons. The zero-order valence-corrected chi connectivity index (χ0v) is 14.6. The number of piperidine rings is 1. The second kappa shape index (κ2) is 7.20. The van der Waals surface area contributed by atoms with Gasteiger partial charge < -0.3 is 10.2 Å². The number of hydrogen-bond acceptors (Lipinski definition) is 2. The van der Waals surface area contributed by atoms with Gasteiger partial charge in [-0.2, -0.15) is 0 Å². The van der Waals surface area contributed by atoms with Gasteiger partial charge in [0.2, 0.25) is 0 Å². The molecule has 0 bridgehead atoms. The van der Waals surface area contributed by atoms with Crippen LogP contribution in [-0.2, 0) is 0 Å². The number of likely N-dealkylation sites (tertiary alicyclic amines) is 1. The molecule has 0 saturated carbocycles. The molecular formula is C17H18BrN3S. The molecule has 1 saturated heterocycles. The quantitative estimate of drug-likeness (QED) is 0.765. The number of benzene rings is 1. The van der Waals surface area contributed by atoms with Crippen LogP contribution in [0.1, 0.15) is 30.9 Å². The highest BCUT2D eigenvalue weighted by molar-refractivity contribution is 9.10. The Bertz CT molecular complexity index is 630. The minimum Gasteiger partial charge on any atom is -0.342 e. The van der Waals surface area contributed by atoms with Crippen molar-refractivity contribution in [2.24, 2.45) is 0 Å². The third-order valence-electron chi connectivity index (χ3n) is 3.93. The summed E-state index contributed by atoms with van der Waals surface area (Å²) in [6.07, 6.45) is 7.30. The van der Waals surface area contributed by atoms with Crippen molar-refractivity contribution in [3.63, 3.8) is 0 Å². The van der Waals surface area contributed by atoms with E-state index < -0.39 is 0 Å². The van der Waals surface area contributed by atoms with Crippen LogP contribution in [0.2, 0.25) is 0 Å². The van der Waals surface area contributed by atoms with Crippen LogP contribution >= 0.6 is 28.1 Å². The van der Waals surface area contributed by atoms with Crippen molar-refractivity contribution in [3.8, 4) is 0 Å². The number of rotatable bonds is 2. The fourth-order valence-corrected chi connectivity index (χ4v) is 3.42. The SMILES string of the molecule is S=C(Nc1ccc(Br)cc1)N1CCCCC1c1cccnc1. The van der Waals surface area contributed by atoms with Gasteiger partial charge in [0, 0.05) is 29.1 Å². The Hall–Kier alpha value is -1.46. The van der Waals surface area contributed by atoms with E-state index in [0.29, 0.717) is 6.04 Å². The third-order valence-corrected chi connectivity index (χ3v) is 4.79. The lowest BCUT2D eigenvalue weighted by Gasteiger charge is -2.37. The van der Waals surface area contributed by atoms with E-state index in [2.05, 4.69) is 37.2 Å². The Morgan fingerprint density at radius 1 is 1.23 bits per heavy atom. The Morgan fingerprint density at radius 2 is 2.05 bits per heavy atom. The lowest BCUT2D eigenvalue weighted by Crippen LogP contribution is -2.41. The van der Waals surface area contributed by atoms with Gasteiger partial charge in [-0.05, 0) is 67.4 Å². The zero-order valence-electron chi connectivity index (χ0n) is 12.2. The van der Waals surface area contributed by atoms with Gasteiger partial charge in [-0.3, -0.25) is 4.98 Å². The van der Waals surface area contributed by atoms with Crippen molar-refractivity contribution in [1.82, 2.24) is 9.88 Å². The van der Waals surface area contributed by atoms with E-state index in [4.69, 9.17) is 12.2 Å². The summed E-state index contributed by atoms with van der Waals surface area (Å²) in [4.78, 5) is 6.54. The van der Waals surface area contributed by atoms with Gasteiger partial charge in [-0.25, -0.2) is 0 Å². The first kappa shape index (κ1) is 15.4. The maximum Gasteiger partial charge on any atom is 0.173 e. The molecule has 0 radical (unpaired) electrons. The van der Waals surface area contributed by atoms with Crippen molar-refractivity contribution < 1.29 is 0 Å². The molecule has 1 aliphatic heterocycles. The molecule has 0 aliphatic carbocycles. The summed E-state index contributed by atoms with van der Waals surface area (Å²) in [6.45, 7) is 0.988. The molecule has 1 fully saturated rings. The minimum atomic E-state index is 0.317. The van der Waals surface area contributed by atoms with Crippen LogP contribution in [0.3, 0.4) is 0 Å². The van der Waals surface area contributed by atoms with Gasteiger partial charge in [-0.15, -0.1) is 0 Å².